The van der Waals surface area contributed by atoms with Gasteiger partial charge in [-0.1, -0.05) is 0 Å². The van der Waals surface area contributed by atoms with Crippen LogP contribution in [-0.2, 0) is 11.3 Å². The zero-order chi connectivity index (χ0) is 16.9. The lowest BCUT2D eigenvalue weighted by Gasteiger charge is -2.15. The van der Waals surface area contributed by atoms with Crippen molar-refractivity contribution in [3.05, 3.63) is 23.5 Å². The van der Waals surface area contributed by atoms with Crippen molar-refractivity contribution in [3.8, 4) is 11.8 Å². The second kappa shape index (κ2) is 7.54. The zero-order valence-corrected chi connectivity index (χ0v) is 14.4. The van der Waals surface area contributed by atoms with Gasteiger partial charge in [0.15, 0.2) is 5.13 Å². The van der Waals surface area contributed by atoms with Gasteiger partial charge in [-0.15, -0.1) is 11.3 Å². The number of carbonyl (C=O) groups is 1. The molecular formula is C15H19N5O3S. The summed E-state index contributed by atoms with van der Waals surface area (Å²) in [4.78, 5) is 26.7. The van der Waals surface area contributed by atoms with Crippen molar-refractivity contribution in [2.45, 2.75) is 26.0 Å². The van der Waals surface area contributed by atoms with Gasteiger partial charge in [-0.2, -0.15) is 0 Å². The van der Waals surface area contributed by atoms with Crippen LogP contribution in [-0.4, -0.2) is 52.1 Å². The second-order valence-corrected chi connectivity index (χ2v) is 6.59. The summed E-state index contributed by atoms with van der Waals surface area (Å²) in [6.45, 7) is 4.04. The maximum Gasteiger partial charge on any atom is 0.223 e. The van der Waals surface area contributed by atoms with Gasteiger partial charge in [0.05, 0.1) is 13.2 Å². The molecule has 128 valence electrons. The van der Waals surface area contributed by atoms with E-state index >= 15 is 0 Å². The fraction of sp³-hybridized carbons (Fsp3) is 0.467. The van der Waals surface area contributed by atoms with Crippen LogP contribution in [0.4, 0.5) is 5.13 Å². The third-order valence-electron chi connectivity index (χ3n) is 3.56. The first kappa shape index (κ1) is 16.6. The number of likely N-dealkylation sites (tertiary alicyclic amines) is 1. The van der Waals surface area contributed by atoms with Crippen LogP contribution in [0.15, 0.2) is 18.6 Å². The van der Waals surface area contributed by atoms with Gasteiger partial charge in [0.25, 0.3) is 0 Å². The van der Waals surface area contributed by atoms with Gasteiger partial charge in [-0.05, 0) is 6.42 Å². The van der Waals surface area contributed by atoms with Gasteiger partial charge >= 0.3 is 0 Å². The van der Waals surface area contributed by atoms with E-state index in [1.54, 1.807) is 19.4 Å². The summed E-state index contributed by atoms with van der Waals surface area (Å²) in [5.41, 5.74) is 0. The molecule has 1 N–H and O–H groups in total. The van der Waals surface area contributed by atoms with Crippen molar-refractivity contribution in [2.75, 3.05) is 25.5 Å². The molecule has 0 aromatic carbocycles. The number of hydrogen-bond donors (Lipinski definition) is 1. The van der Waals surface area contributed by atoms with Gasteiger partial charge in [0.2, 0.25) is 17.7 Å². The number of hydrogen-bond acceptors (Lipinski definition) is 8. The molecule has 0 aliphatic carbocycles. The van der Waals surface area contributed by atoms with Crippen LogP contribution < -0.4 is 14.8 Å². The van der Waals surface area contributed by atoms with Crippen LogP contribution in [0.3, 0.4) is 0 Å². The molecule has 1 aliphatic heterocycles. The molecule has 24 heavy (non-hydrogen) atoms. The van der Waals surface area contributed by atoms with E-state index in [0.717, 1.165) is 30.9 Å². The lowest BCUT2D eigenvalue weighted by molar-refractivity contribution is -0.114. The molecular weight excluding hydrogens is 330 g/mol. The summed E-state index contributed by atoms with van der Waals surface area (Å²) >= 11 is 1.50. The maximum absolute atomic E-state index is 11.0. The number of nitrogens with zero attached hydrogens (tertiary/aromatic N) is 4. The van der Waals surface area contributed by atoms with Crippen LogP contribution >= 0.6 is 11.3 Å². The highest BCUT2D eigenvalue weighted by atomic mass is 32.1. The van der Waals surface area contributed by atoms with Crippen molar-refractivity contribution in [1.29, 1.82) is 0 Å². The van der Waals surface area contributed by atoms with Crippen LogP contribution in [0, 0.1) is 0 Å². The van der Waals surface area contributed by atoms with Gasteiger partial charge in [-0.25, -0.2) is 15.0 Å². The van der Waals surface area contributed by atoms with Crippen molar-refractivity contribution >= 4 is 22.4 Å². The van der Waals surface area contributed by atoms with Gasteiger partial charge in [0, 0.05) is 37.6 Å². The Morgan fingerprint density at radius 1 is 1.42 bits per heavy atom. The van der Waals surface area contributed by atoms with Gasteiger partial charge in [-0.3, -0.25) is 9.69 Å². The van der Waals surface area contributed by atoms with Crippen molar-refractivity contribution < 1.29 is 14.3 Å². The van der Waals surface area contributed by atoms with E-state index in [1.165, 1.54) is 24.6 Å². The Hall–Kier alpha value is -2.26. The molecule has 0 saturated carbocycles. The first-order valence-electron chi connectivity index (χ1n) is 7.59. The molecule has 0 bridgehead atoms. The Kier molecular flexibility index (Phi) is 5.21. The fourth-order valence-electron chi connectivity index (χ4n) is 2.52. The summed E-state index contributed by atoms with van der Waals surface area (Å²) in [6.07, 6.45) is 4.26. The number of ether oxygens (including phenoxy) is 2. The Morgan fingerprint density at radius 2 is 2.25 bits per heavy atom. The number of anilines is 1. The van der Waals surface area contributed by atoms with Gasteiger partial charge < -0.3 is 14.8 Å². The summed E-state index contributed by atoms with van der Waals surface area (Å²) in [5, 5.41) is 3.34. The Labute approximate surface area is 143 Å². The molecule has 0 unspecified atom stereocenters. The molecule has 1 atom stereocenters. The molecule has 3 heterocycles. The topological polar surface area (TPSA) is 89.5 Å². The third kappa shape index (κ3) is 4.39. The average molecular weight is 349 g/mol. The van der Waals surface area contributed by atoms with Crippen LogP contribution in [0.25, 0.3) is 0 Å². The number of rotatable bonds is 6. The van der Waals surface area contributed by atoms with Crippen LogP contribution in [0.1, 0.15) is 18.2 Å². The second-order valence-electron chi connectivity index (χ2n) is 5.48. The minimum absolute atomic E-state index is 0.0901. The van der Waals surface area contributed by atoms with Crippen LogP contribution in [0.5, 0.6) is 11.8 Å². The first-order valence-corrected chi connectivity index (χ1v) is 8.41. The Bertz CT molecular complexity index is 708. The van der Waals surface area contributed by atoms with E-state index in [9.17, 15) is 4.79 Å². The minimum atomic E-state index is -0.106. The maximum atomic E-state index is 11.0. The monoisotopic (exact) mass is 349 g/mol. The predicted octanol–water partition coefficient (Wildman–Crippen LogP) is 1.55. The Balaban J connectivity index is 1.51. The minimum Gasteiger partial charge on any atom is -0.481 e. The largest absolute Gasteiger partial charge is 0.481 e. The fourth-order valence-corrected chi connectivity index (χ4v) is 3.42. The number of methoxy groups -OCH3 is 1. The van der Waals surface area contributed by atoms with E-state index in [0.29, 0.717) is 16.9 Å². The van der Waals surface area contributed by atoms with Crippen molar-refractivity contribution in [3.63, 3.8) is 0 Å². The van der Waals surface area contributed by atoms with E-state index in [4.69, 9.17) is 9.47 Å². The van der Waals surface area contributed by atoms with Crippen LogP contribution in [0.2, 0.25) is 0 Å². The lowest BCUT2D eigenvalue weighted by Crippen LogP contribution is -2.24. The summed E-state index contributed by atoms with van der Waals surface area (Å²) in [7, 11) is 1.56. The molecule has 3 rings (SSSR count). The number of amides is 1. The zero-order valence-electron chi connectivity index (χ0n) is 13.6. The molecule has 8 nitrogen and oxygen atoms in total. The molecule has 1 amide bonds. The van der Waals surface area contributed by atoms with E-state index in [-0.39, 0.29) is 12.0 Å². The average Bonchev–Trinajstić information content (AvgIpc) is 3.17. The smallest absolute Gasteiger partial charge is 0.223 e. The molecule has 1 fully saturated rings. The number of carbonyl (C=O) groups excluding carboxylic acids is 1. The van der Waals surface area contributed by atoms with Crippen molar-refractivity contribution in [1.82, 2.24) is 19.9 Å². The molecule has 1 saturated heterocycles. The SMILES string of the molecule is COc1cc(O[C@H]2CCN(Cc3cnc(NC(C)=O)s3)C2)ncn1. The normalized spacial score (nSPS) is 17.7. The lowest BCUT2D eigenvalue weighted by atomic mass is 10.3. The highest BCUT2D eigenvalue weighted by molar-refractivity contribution is 7.15. The molecule has 9 heteroatoms. The highest BCUT2D eigenvalue weighted by Gasteiger charge is 2.25. The Morgan fingerprint density at radius 3 is 3.04 bits per heavy atom. The molecule has 1 aliphatic rings. The van der Waals surface area contributed by atoms with Crippen molar-refractivity contribution in [2.24, 2.45) is 0 Å². The van der Waals surface area contributed by atoms with E-state index < -0.39 is 0 Å². The molecule has 0 spiro atoms. The highest BCUT2D eigenvalue weighted by Crippen LogP contribution is 2.23. The number of aromatic nitrogens is 3. The molecule has 0 radical (unpaired) electrons. The summed E-state index contributed by atoms with van der Waals surface area (Å²) in [6, 6.07) is 1.69. The summed E-state index contributed by atoms with van der Waals surface area (Å²) < 4.78 is 11.0. The standard InChI is InChI=1S/C15H19N5O3S/c1-10(21)19-15-16-6-12(24-15)8-20-4-3-11(7-20)23-14-5-13(22-2)17-9-18-14/h5-6,9,11H,3-4,7-8H2,1-2H3,(H,16,19,21)/t11-/m0/s1. The van der Waals surface area contributed by atoms with E-state index in [2.05, 4.69) is 25.2 Å². The first-order chi connectivity index (χ1) is 11.6. The third-order valence-corrected chi connectivity index (χ3v) is 4.46. The molecule has 2 aromatic heterocycles. The summed E-state index contributed by atoms with van der Waals surface area (Å²) in [5.74, 6) is 0.912. The number of thiazole rings is 1. The quantitative estimate of drug-likeness (QED) is 0.846. The number of nitrogens with one attached hydrogen (secondary N) is 1. The molecule has 2 aromatic rings. The predicted molar refractivity (Wildman–Crippen MR) is 89.3 cm³/mol. The van der Waals surface area contributed by atoms with E-state index in [1.807, 2.05) is 0 Å². The van der Waals surface area contributed by atoms with Gasteiger partial charge in [0.1, 0.15) is 12.4 Å².